The molecule has 0 aliphatic carbocycles. The quantitative estimate of drug-likeness (QED) is 0.750. The Labute approximate surface area is 96.4 Å². The molecule has 3 aromatic rings. The van der Waals surface area contributed by atoms with E-state index in [-0.39, 0.29) is 6.61 Å². The molecule has 0 fully saturated rings. The monoisotopic (exact) mass is 233 g/mol. The number of rotatable bonds is 3. The van der Waals surface area contributed by atoms with E-state index in [4.69, 9.17) is 5.11 Å². The topological polar surface area (TPSA) is 42.5 Å². The molecule has 0 radical (unpaired) electrons. The molecule has 0 aliphatic heterocycles. The Balaban J connectivity index is 2.09. The van der Waals surface area contributed by atoms with Gasteiger partial charge in [0.25, 0.3) is 0 Å². The molecule has 4 nitrogen and oxygen atoms in total. The van der Waals surface area contributed by atoms with E-state index in [1.165, 1.54) is 0 Å². The molecule has 0 saturated heterocycles. The van der Waals surface area contributed by atoms with E-state index in [2.05, 4.69) is 16.5 Å². The largest absolute Gasteiger partial charge is 0.395 e. The fraction of sp³-hybridized carbons (Fsp3) is 0.182. The summed E-state index contributed by atoms with van der Waals surface area (Å²) < 4.78 is 3.82. The first kappa shape index (κ1) is 9.62. The Morgan fingerprint density at radius 2 is 2.31 bits per heavy atom. The van der Waals surface area contributed by atoms with E-state index in [9.17, 15) is 0 Å². The van der Waals surface area contributed by atoms with Crippen molar-refractivity contribution in [1.82, 2.24) is 14.2 Å². The van der Waals surface area contributed by atoms with Crippen LogP contribution in [0, 0.1) is 0 Å². The number of nitrogens with zero attached hydrogens (tertiary/aromatic N) is 3. The van der Waals surface area contributed by atoms with Crippen molar-refractivity contribution in [2.24, 2.45) is 0 Å². The molecule has 0 amide bonds. The summed E-state index contributed by atoms with van der Waals surface area (Å²) in [5.74, 6) is 0. The van der Waals surface area contributed by atoms with Gasteiger partial charge in [-0.15, -0.1) is 0 Å². The molecule has 82 valence electrons. The van der Waals surface area contributed by atoms with Gasteiger partial charge >= 0.3 is 0 Å². The van der Waals surface area contributed by atoms with Crippen LogP contribution in [0.15, 0.2) is 35.3 Å². The summed E-state index contributed by atoms with van der Waals surface area (Å²) in [4.78, 5) is 0. The predicted molar refractivity (Wildman–Crippen MR) is 63.6 cm³/mol. The minimum atomic E-state index is 0.142. The molecule has 0 saturated carbocycles. The Kier molecular flexibility index (Phi) is 2.27. The number of hydrogen-bond donors (Lipinski definition) is 1. The molecule has 0 atom stereocenters. The highest BCUT2D eigenvalue weighted by Gasteiger charge is 2.07. The van der Waals surface area contributed by atoms with Gasteiger partial charge in [0, 0.05) is 35.9 Å². The van der Waals surface area contributed by atoms with Gasteiger partial charge in [-0.1, -0.05) is 0 Å². The lowest BCUT2D eigenvalue weighted by Gasteiger charge is -1.97. The van der Waals surface area contributed by atoms with Crippen molar-refractivity contribution < 1.29 is 5.11 Å². The second-order valence-corrected chi connectivity index (χ2v) is 4.34. The van der Waals surface area contributed by atoms with Crippen molar-refractivity contribution in [3.05, 3.63) is 35.3 Å². The predicted octanol–water partition coefficient (Wildman–Crippen LogP) is 1.86. The summed E-state index contributed by atoms with van der Waals surface area (Å²) >= 11 is 1.67. The van der Waals surface area contributed by atoms with Crippen molar-refractivity contribution in [3.8, 4) is 11.3 Å². The zero-order valence-electron chi connectivity index (χ0n) is 8.58. The van der Waals surface area contributed by atoms with Gasteiger partial charge in [-0.2, -0.15) is 16.4 Å². The van der Waals surface area contributed by atoms with Gasteiger partial charge < -0.3 is 9.67 Å². The first-order chi connectivity index (χ1) is 7.88. The van der Waals surface area contributed by atoms with E-state index >= 15 is 0 Å². The highest BCUT2D eigenvalue weighted by atomic mass is 32.1. The third kappa shape index (κ3) is 1.45. The number of aromatic nitrogens is 3. The average molecular weight is 233 g/mol. The minimum Gasteiger partial charge on any atom is -0.395 e. The van der Waals surface area contributed by atoms with E-state index in [0.29, 0.717) is 6.54 Å². The lowest BCUT2D eigenvalue weighted by Crippen LogP contribution is -1.99. The van der Waals surface area contributed by atoms with Crippen LogP contribution in [-0.4, -0.2) is 25.9 Å². The fourth-order valence-corrected chi connectivity index (χ4v) is 2.43. The average Bonchev–Trinajstić information content (AvgIpc) is 2.93. The standard InChI is InChI=1S/C11H11N3OS/c15-5-4-13-2-3-14-11(13)7-10(12-14)9-1-6-16-8-9/h1-3,6-8,15H,4-5H2. The third-order valence-electron chi connectivity index (χ3n) is 2.56. The lowest BCUT2D eigenvalue weighted by atomic mass is 10.2. The van der Waals surface area contributed by atoms with E-state index in [1.807, 2.05) is 32.9 Å². The van der Waals surface area contributed by atoms with Crippen LogP contribution in [0.5, 0.6) is 0 Å². The number of fused-ring (bicyclic) bond motifs is 1. The summed E-state index contributed by atoms with van der Waals surface area (Å²) in [6.07, 6.45) is 3.83. The molecule has 0 bridgehead atoms. The summed E-state index contributed by atoms with van der Waals surface area (Å²) in [5, 5.41) is 17.5. The number of imidazole rings is 1. The van der Waals surface area contributed by atoms with Gasteiger partial charge in [-0.3, -0.25) is 0 Å². The Bertz CT molecular complexity index is 594. The number of thiophene rings is 1. The van der Waals surface area contributed by atoms with Gasteiger partial charge in [0.05, 0.1) is 12.3 Å². The first-order valence-electron chi connectivity index (χ1n) is 5.06. The molecule has 0 aliphatic rings. The Morgan fingerprint density at radius 3 is 3.06 bits per heavy atom. The maximum atomic E-state index is 8.94. The normalized spacial score (nSPS) is 11.3. The van der Waals surface area contributed by atoms with Crippen molar-refractivity contribution in [1.29, 1.82) is 0 Å². The molecular weight excluding hydrogens is 222 g/mol. The molecule has 1 N–H and O–H groups in total. The van der Waals surface area contributed by atoms with Crippen LogP contribution in [0.4, 0.5) is 0 Å². The molecule has 0 aromatic carbocycles. The van der Waals surface area contributed by atoms with Crippen LogP contribution in [0.3, 0.4) is 0 Å². The molecule has 3 heterocycles. The smallest absolute Gasteiger partial charge is 0.136 e. The maximum absolute atomic E-state index is 8.94. The van der Waals surface area contributed by atoms with Gasteiger partial charge in [0.15, 0.2) is 0 Å². The zero-order chi connectivity index (χ0) is 11.0. The molecular formula is C11H11N3OS. The SMILES string of the molecule is OCCn1ccn2nc(-c3ccsc3)cc12. The molecule has 0 unspecified atom stereocenters. The first-order valence-corrected chi connectivity index (χ1v) is 6.01. The van der Waals surface area contributed by atoms with Crippen LogP contribution in [0.2, 0.25) is 0 Å². The molecule has 16 heavy (non-hydrogen) atoms. The number of aliphatic hydroxyl groups excluding tert-OH is 1. The minimum absolute atomic E-state index is 0.142. The van der Waals surface area contributed by atoms with Crippen LogP contribution in [-0.2, 0) is 6.54 Å². The highest BCUT2D eigenvalue weighted by molar-refractivity contribution is 7.08. The van der Waals surface area contributed by atoms with Gasteiger partial charge in [0.1, 0.15) is 5.65 Å². The van der Waals surface area contributed by atoms with Crippen LogP contribution in [0.1, 0.15) is 0 Å². The molecule has 3 aromatic heterocycles. The van der Waals surface area contributed by atoms with Gasteiger partial charge in [-0.25, -0.2) is 4.52 Å². The van der Waals surface area contributed by atoms with Crippen molar-refractivity contribution in [2.75, 3.05) is 6.61 Å². The highest BCUT2D eigenvalue weighted by Crippen LogP contribution is 2.22. The second kappa shape index (κ2) is 3.77. The molecule has 3 rings (SSSR count). The lowest BCUT2D eigenvalue weighted by molar-refractivity contribution is 0.278. The van der Waals surface area contributed by atoms with Crippen LogP contribution in [0.25, 0.3) is 16.9 Å². The van der Waals surface area contributed by atoms with Crippen molar-refractivity contribution >= 4 is 17.0 Å². The van der Waals surface area contributed by atoms with E-state index in [0.717, 1.165) is 16.9 Å². The number of hydrogen-bond acceptors (Lipinski definition) is 3. The van der Waals surface area contributed by atoms with E-state index < -0.39 is 0 Å². The Hall–Kier alpha value is -1.59. The van der Waals surface area contributed by atoms with Crippen molar-refractivity contribution in [3.63, 3.8) is 0 Å². The summed E-state index contributed by atoms with van der Waals surface area (Å²) in [6.45, 7) is 0.745. The molecule has 0 spiro atoms. The van der Waals surface area contributed by atoms with Gasteiger partial charge in [-0.05, 0) is 11.4 Å². The fourth-order valence-electron chi connectivity index (χ4n) is 1.78. The van der Waals surface area contributed by atoms with Crippen LogP contribution < -0.4 is 0 Å². The maximum Gasteiger partial charge on any atom is 0.136 e. The third-order valence-corrected chi connectivity index (χ3v) is 3.24. The van der Waals surface area contributed by atoms with E-state index in [1.54, 1.807) is 11.3 Å². The number of aliphatic hydroxyl groups is 1. The second-order valence-electron chi connectivity index (χ2n) is 3.56. The molecule has 5 heteroatoms. The zero-order valence-corrected chi connectivity index (χ0v) is 9.39. The Morgan fingerprint density at radius 1 is 1.38 bits per heavy atom. The van der Waals surface area contributed by atoms with Crippen molar-refractivity contribution in [2.45, 2.75) is 6.54 Å². The summed E-state index contributed by atoms with van der Waals surface area (Å²) in [6, 6.07) is 4.10. The van der Waals surface area contributed by atoms with Gasteiger partial charge in [0.2, 0.25) is 0 Å². The summed E-state index contributed by atoms with van der Waals surface area (Å²) in [7, 11) is 0. The van der Waals surface area contributed by atoms with Crippen LogP contribution >= 0.6 is 11.3 Å². The summed E-state index contributed by atoms with van der Waals surface area (Å²) in [5.41, 5.74) is 3.13.